The minimum absolute atomic E-state index is 0.143. The Kier molecular flexibility index (Phi) is 6.75. The van der Waals surface area contributed by atoms with Crippen LogP contribution in [0.2, 0.25) is 5.02 Å². The molecule has 0 radical (unpaired) electrons. The van der Waals surface area contributed by atoms with Gasteiger partial charge in [-0.1, -0.05) is 38.7 Å². The van der Waals surface area contributed by atoms with Crippen molar-refractivity contribution >= 4 is 38.2 Å². The van der Waals surface area contributed by atoms with E-state index in [2.05, 4.69) is 27.7 Å². The molecular formula is C19H23ClO3P2S. The summed E-state index contributed by atoms with van der Waals surface area (Å²) < 4.78 is 31.2. The molecule has 0 amide bonds. The van der Waals surface area contributed by atoms with Gasteiger partial charge in [-0.3, -0.25) is 0 Å². The highest BCUT2D eigenvalue weighted by molar-refractivity contribution is 8.10. The lowest BCUT2D eigenvalue weighted by molar-refractivity contribution is 0.348. The normalized spacial score (nSPS) is 18.3. The molecule has 3 unspecified atom stereocenters. The van der Waals surface area contributed by atoms with Gasteiger partial charge in [0.2, 0.25) is 0 Å². The topological polar surface area (TPSA) is 43.4 Å². The van der Waals surface area contributed by atoms with Gasteiger partial charge in [-0.2, -0.15) is 0 Å². The number of fused-ring (bicyclic) bond motifs is 1. The first-order valence-corrected chi connectivity index (χ1v) is 13.9. The number of halogens is 1. The predicted octanol–water partition coefficient (Wildman–Crippen LogP) is 5.25. The van der Waals surface area contributed by atoms with Crippen LogP contribution in [0.5, 0.6) is 0 Å². The first-order chi connectivity index (χ1) is 12.3. The highest BCUT2D eigenvalue weighted by Crippen LogP contribution is 2.42. The van der Waals surface area contributed by atoms with Crippen LogP contribution >= 0.6 is 28.4 Å². The van der Waals surface area contributed by atoms with Crippen LogP contribution < -0.4 is 0 Å². The predicted molar refractivity (Wildman–Crippen MR) is 113 cm³/mol. The van der Waals surface area contributed by atoms with Gasteiger partial charge in [0.05, 0.1) is 17.3 Å². The average Bonchev–Trinajstić information content (AvgIpc) is 2.59. The minimum atomic E-state index is -3.29. The van der Waals surface area contributed by atoms with Gasteiger partial charge in [0.25, 0.3) is 0 Å². The van der Waals surface area contributed by atoms with Crippen molar-refractivity contribution in [3.63, 3.8) is 0 Å². The molecule has 26 heavy (non-hydrogen) atoms. The standard InChI is InChI=1S/C19H23ClO3P2S/c1-25(24)23-12-16-4-2-3-15-11-14(5-10-19(15)16)13-26(21,22)18-8-6-17(20)7-9-18/h2-4,6-9,14H,5,10-13,24H2,1H3. The Labute approximate surface area is 164 Å². The Morgan fingerprint density at radius 3 is 2.65 bits per heavy atom. The number of sulfone groups is 1. The van der Waals surface area contributed by atoms with E-state index >= 15 is 0 Å². The summed E-state index contributed by atoms with van der Waals surface area (Å²) >= 11 is 5.86. The summed E-state index contributed by atoms with van der Waals surface area (Å²) in [5.41, 5.74) is 3.84. The van der Waals surface area contributed by atoms with Gasteiger partial charge in [0, 0.05) is 12.9 Å². The van der Waals surface area contributed by atoms with Gasteiger partial charge in [-0.25, -0.2) is 8.42 Å². The van der Waals surface area contributed by atoms with Gasteiger partial charge in [-0.05, 0) is 72.8 Å². The molecule has 0 heterocycles. The number of hydrogen-bond donors (Lipinski definition) is 0. The molecule has 7 heteroatoms. The third-order valence-electron chi connectivity index (χ3n) is 4.73. The maximum atomic E-state index is 12.7. The molecule has 0 N–H and O–H groups in total. The van der Waals surface area contributed by atoms with E-state index in [4.69, 9.17) is 16.1 Å². The number of rotatable bonds is 6. The molecule has 3 nitrogen and oxygen atoms in total. The molecular weight excluding hydrogens is 406 g/mol. The van der Waals surface area contributed by atoms with E-state index in [9.17, 15) is 8.42 Å². The highest BCUT2D eigenvalue weighted by atomic mass is 35.5. The van der Waals surface area contributed by atoms with Crippen molar-refractivity contribution in [3.8, 4) is 0 Å². The zero-order valence-electron chi connectivity index (χ0n) is 14.7. The molecule has 3 atom stereocenters. The van der Waals surface area contributed by atoms with Crippen LogP contribution in [-0.2, 0) is 33.8 Å². The summed E-state index contributed by atoms with van der Waals surface area (Å²) in [7, 11) is -1.05. The maximum absolute atomic E-state index is 12.7. The van der Waals surface area contributed by atoms with Gasteiger partial charge in [0.15, 0.2) is 9.84 Å². The van der Waals surface area contributed by atoms with Crippen LogP contribution in [0.3, 0.4) is 0 Å². The van der Waals surface area contributed by atoms with Crippen molar-refractivity contribution in [1.29, 1.82) is 0 Å². The SMILES string of the molecule is CP(P)OCc1cccc2c1CCC(CS(=O)(=O)c1ccc(Cl)cc1)C2. The fraction of sp³-hybridized carbons (Fsp3) is 0.368. The van der Waals surface area contributed by atoms with Crippen molar-refractivity contribution < 1.29 is 12.9 Å². The lowest BCUT2D eigenvalue weighted by atomic mass is 9.83. The lowest BCUT2D eigenvalue weighted by Crippen LogP contribution is -2.23. The third kappa shape index (κ3) is 5.06. The molecule has 0 aromatic heterocycles. The van der Waals surface area contributed by atoms with Crippen LogP contribution in [0.4, 0.5) is 0 Å². The molecule has 0 aliphatic heterocycles. The Morgan fingerprint density at radius 2 is 1.96 bits per heavy atom. The molecule has 2 aromatic carbocycles. The van der Waals surface area contributed by atoms with E-state index in [0.29, 0.717) is 16.5 Å². The first kappa shape index (κ1) is 20.2. The molecule has 140 valence electrons. The van der Waals surface area contributed by atoms with Crippen LogP contribution in [-0.4, -0.2) is 20.8 Å². The third-order valence-corrected chi connectivity index (χ3v) is 7.87. The van der Waals surface area contributed by atoms with Crippen molar-refractivity contribution in [3.05, 3.63) is 64.2 Å². The molecule has 2 aromatic rings. The number of hydrogen-bond acceptors (Lipinski definition) is 3. The first-order valence-electron chi connectivity index (χ1n) is 8.54. The Hall–Kier alpha value is -0.500. The van der Waals surface area contributed by atoms with Gasteiger partial charge >= 0.3 is 0 Å². The quantitative estimate of drug-likeness (QED) is 0.590. The Morgan fingerprint density at radius 1 is 1.23 bits per heavy atom. The second kappa shape index (κ2) is 8.67. The summed E-state index contributed by atoms with van der Waals surface area (Å²) in [6.45, 7) is 2.69. The fourth-order valence-corrected chi connectivity index (χ4v) is 5.80. The van der Waals surface area contributed by atoms with Crippen LogP contribution in [0, 0.1) is 5.92 Å². The molecule has 0 spiro atoms. The monoisotopic (exact) mass is 428 g/mol. The molecule has 0 bridgehead atoms. The van der Waals surface area contributed by atoms with E-state index in [-0.39, 0.29) is 11.7 Å². The largest absolute Gasteiger partial charge is 0.351 e. The van der Waals surface area contributed by atoms with Crippen molar-refractivity contribution in [2.24, 2.45) is 5.92 Å². The minimum Gasteiger partial charge on any atom is -0.351 e. The summed E-state index contributed by atoms with van der Waals surface area (Å²) in [6.07, 6.45) is 2.60. The van der Waals surface area contributed by atoms with Crippen molar-refractivity contribution in [2.75, 3.05) is 12.4 Å². The lowest BCUT2D eigenvalue weighted by Gasteiger charge is -2.26. The summed E-state index contributed by atoms with van der Waals surface area (Å²) in [4.78, 5) is 0.353. The fourth-order valence-electron chi connectivity index (χ4n) is 3.46. The second-order valence-corrected chi connectivity index (χ2v) is 12.7. The van der Waals surface area contributed by atoms with Crippen molar-refractivity contribution in [1.82, 2.24) is 0 Å². The highest BCUT2D eigenvalue weighted by Gasteiger charge is 2.26. The van der Waals surface area contributed by atoms with E-state index in [1.807, 2.05) is 6.07 Å². The second-order valence-electron chi connectivity index (χ2n) is 6.72. The maximum Gasteiger partial charge on any atom is 0.178 e. The van der Waals surface area contributed by atoms with Crippen LogP contribution in [0.1, 0.15) is 23.1 Å². The summed E-state index contributed by atoms with van der Waals surface area (Å²) in [6, 6.07) is 12.7. The molecule has 0 fully saturated rings. The van der Waals surface area contributed by atoms with E-state index < -0.39 is 17.7 Å². The van der Waals surface area contributed by atoms with Gasteiger partial charge < -0.3 is 4.52 Å². The molecule has 1 aliphatic rings. The van der Waals surface area contributed by atoms with Crippen LogP contribution in [0.15, 0.2) is 47.4 Å². The van der Waals surface area contributed by atoms with E-state index in [1.54, 1.807) is 24.3 Å². The van der Waals surface area contributed by atoms with E-state index in [0.717, 1.165) is 19.3 Å². The summed E-state index contributed by atoms with van der Waals surface area (Å²) in [5.74, 6) is 0.324. The Bertz CT molecular complexity index is 867. The molecule has 3 rings (SSSR count). The number of benzene rings is 2. The van der Waals surface area contributed by atoms with Gasteiger partial charge in [0.1, 0.15) is 0 Å². The average molecular weight is 429 g/mol. The smallest absolute Gasteiger partial charge is 0.178 e. The molecule has 0 saturated carbocycles. The van der Waals surface area contributed by atoms with Crippen LogP contribution in [0.25, 0.3) is 0 Å². The summed E-state index contributed by atoms with van der Waals surface area (Å²) in [5, 5.41) is 0.548. The Balaban J connectivity index is 1.72. The zero-order chi connectivity index (χ0) is 18.7. The van der Waals surface area contributed by atoms with Crippen molar-refractivity contribution in [2.45, 2.75) is 30.8 Å². The zero-order valence-corrected chi connectivity index (χ0v) is 18.3. The van der Waals surface area contributed by atoms with E-state index in [1.165, 1.54) is 16.7 Å². The molecule has 1 aliphatic carbocycles. The molecule has 0 saturated heterocycles. The van der Waals surface area contributed by atoms with Gasteiger partial charge in [-0.15, -0.1) is 0 Å².